The minimum Gasteiger partial charge on any atom is -0.461 e. The van der Waals surface area contributed by atoms with Crippen molar-refractivity contribution in [3.8, 4) is 0 Å². The van der Waals surface area contributed by atoms with Gasteiger partial charge in [-0.3, -0.25) is 0 Å². The molecular weight excluding hydrogens is 480 g/mol. The normalized spacial score (nSPS) is 10.9. The lowest BCUT2D eigenvalue weighted by Crippen LogP contribution is -2.21. The van der Waals surface area contributed by atoms with Gasteiger partial charge in [0, 0.05) is 0 Å². The maximum atomic E-state index is 12.0. The van der Waals surface area contributed by atoms with Crippen LogP contribution in [0.1, 0.15) is 66.8 Å². The van der Waals surface area contributed by atoms with Gasteiger partial charge in [0.05, 0.1) is 30.3 Å². The van der Waals surface area contributed by atoms with E-state index in [9.17, 15) is 9.59 Å². The molecule has 206 valence electrons. The van der Waals surface area contributed by atoms with E-state index in [0.29, 0.717) is 0 Å². The summed E-state index contributed by atoms with van der Waals surface area (Å²) in [5.41, 5.74) is 6.14. The SMILES string of the molecule is C=C(CO)C(=O)OCC(COC(=O)C(=C)CO)c1ccc(CCc2ccc(CCCCC)c(CC)c2)cc1. The fraction of sp³-hybridized carbons (Fsp3) is 0.438. The van der Waals surface area contributed by atoms with Crippen LogP contribution in [-0.2, 0) is 44.7 Å². The van der Waals surface area contributed by atoms with Crippen molar-refractivity contribution in [2.75, 3.05) is 26.4 Å². The van der Waals surface area contributed by atoms with Crippen molar-refractivity contribution in [3.63, 3.8) is 0 Å². The molecule has 2 N–H and O–H groups in total. The van der Waals surface area contributed by atoms with Crippen LogP contribution in [0.4, 0.5) is 0 Å². The maximum Gasteiger partial charge on any atom is 0.335 e. The van der Waals surface area contributed by atoms with Crippen LogP contribution in [0.25, 0.3) is 0 Å². The molecule has 0 fully saturated rings. The van der Waals surface area contributed by atoms with Gasteiger partial charge in [-0.05, 0) is 59.9 Å². The molecule has 0 unspecified atom stereocenters. The molecule has 0 amide bonds. The second-order valence-electron chi connectivity index (χ2n) is 9.57. The molecule has 0 atom stereocenters. The molecule has 0 aliphatic rings. The molecule has 0 saturated carbocycles. The van der Waals surface area contributed by atoms with Crippen LogP contribution in [0.2, 0.25) is 0 Å². The Bertz CT molecular complexity index is 1040. The smallest absolute Gasteiger partial charge is 0.335 e. The Labute approximate surface area is 227 Å². The quantitative estimate of drug-likeness (QED) is 0.172. The van der Waals surface area contributed by atoms with Gasteiger partial charge < -0.3 is 19.7 Å². The first kappa shape index (κ1) is 31.0. The molecule has 0 bridgehead atoms. The summed E-state index contributed by atoms with van der Waals surface area (Å²) in [4.78, 5) is 23.9. The fourth-order valence-corrected chi connectivity index (χ4v) is 4.14. The van der Waals surface area contributed by atoms with Gasteiger partial charge in [-0.1, -0.05) is 82.3 Å². The molecule has 0 aromatic heterocycles. The predicted molar refractivity (Wildman–Crippen MR) is 150 cm³/mol. The molecule has 2 aromatic carbocycles. The number of rotatable bonds is 17. The Morgan fingerprint density at radius 2 is 1.32 bits per heavy atom. The van der Waals surface area contributed by atoms with Crippen molar-refractivity contribution >= 4 is 11.9 Å². The Kier molecular flexibility index (Phi) is 13.5. The number of carbonyl (C=O) groups excluding carboxylic acids is 2. The van der Waals surface area contributed by atoms with E-state index in [1.807, 2.05) is 24.3 Å². The van der Waals surface area contributed by atoms with Crippen molar-refractivity contribution in [1.29, 1.82) is 0 Å². The summed E-state index contributed by atoms with van der Waals surface area (Å²) in [6, 6.07) is 14.8. The zero-order chi connectivity index (χ0) is 27.9. The molecule has 0 aliphatic heterocycles. The summed E-state index contributed by atoms with van der Waals surface area (Å²) in [6.45, 7) is 10.3. The third-order valence-corrected chi connectivity index (χ3v) is 6.65. The first-order chi connectivity index (χ1) is 18.3. The van der Waals surface area contributed by atoms with E-state index >= 15 is 0 Å². The van der Waals surface area contributed by atoms with Crippen LogP contribution in [0.3, 0.4) is 0 Å². The summed E-state index contributed by atoms with van der Waals surface area (Å²) in [6.07, 6.45) is 7.75. The monoisotopic (exact) mass is 522 g/mol. The number of hydrogen-bond donors (Lipinski definition) is 2. The van der Waals surface area contributed by atoms with E-state index < -0.39 is 31.1 Å². The highest BCUT2D eigenvalue weighted by Crippen LogP contribution is 2.21. The first-order valence-corrected chi connectivity index (χ1v) is 13.4. The molecule has 38 heavy (non-hydrogen) atoms. The van der Waals surface area contributed by atoms with Gasteiger partial charge in [-0.15, -0.1) is 0 Å². The van der Waals surface area contributed by atoms with E-state index in [0.717, 1.165) is 31.2 Å². The number of aliphatic hydroxyl groups excluding tert-OH is 2. The van der Waals surface area contributed by atoms with Gasteiger partial charge in [-0.25, -0.2) is 9.59 Å². The Morgan fingerprint density at radius 1 is 0.763 bits per heavy atom. The van der Waals surface area contributed by atoms with Crippen LogP contribution >= 0.6 is 0 Å². The highest BCUT2D eigenvalue weighted by atomic mass is 16.5. The van der Waals surface area contributed by atoms with Crippen molar-refractivity contribution in [3.05, 3.63) is 94.6 Å². The van der Waals surface area contributed by atoms with Crippen LogP contribution in [0, 0.1) is 0 Å². The van der Waals surface area contributed by atoms with Gasteiger partial charge in [0.1, 0.15) is 13.2 Å². The van der Waals surface area contributed by atoms with E-state index in [-0.39, 0.29) is 24.4 Å². The lowest BCUT2D eigenvalue weighted by Gasteiger charge is -2.18. The van der Waals surface area contributed by atoms with E-state index in [4.69, 9.17) is 19.7 Å². The third-order valence-electron chi connectivity index (χ3n) is 6.65. The summed E-state index contributed by atoms with van der Waals surface area (Å²) >= 11 is 0. The average molecular weight is 523 g/mol. The lowest BCUT2D eigenvalue weighted by atomic mass is 9.94. The number of aryl methyl sites for hydroxylation is 4. The first-order valence-electron chi connectivity index (χ1n) is 13.4. The van der Waals surface area contributed by atoms with E-state index in [1.165, 1.54) is 41.5 Å². The number of esters is 2. The van der Waals surface area contributed by atoms with Gasteiger partial charge >= 0.3 is 11.9 Å². The zero-order valence-electron chi connectivity index (χ0n) is 22.8. The van der Waals surface area contributed by atoms with E-state index in [2.05, 4.69) is 45.2 Å². The summed E-state index contributed by atoms with van der Waals surface area (Å²) in [5.74, 6) is -1.84. The molecule has 0 heterocycles. The minimum atomic E-state index is -0.706. The van der Waals surface area contributed by atoms with Crippen molar-refractivity contribution < 1.29 is 29.3 Å². The number of hydrogen-bond acceptors (Lipinski definition) is 6. The van der Waals surface area contributed by atoms with Crippen LogP contribution in [0.5, 0.6) is 0 Å². The fourth-order valence-electron chi connectivity index (χ4n) is 4.14. The minimum absolute atomic E-state index is 0.0510. The van der Waals surface area contributed by atoms with Crippen molar-refractivity contribution in [2.24, 2.45) is 0 Å². The second-order valence-corrected chi connectivity index (χ2v) is 9.57. The van der Waals surface area contributed by atoms with Crippen molar-refractivity contribution in [2.45, 2.75) is 64.7 Å². The lowest BCUT2D eigenvalue weighted by molar-refractivity contribution is -0.142. The molecule has 6 nitrogen and oxygen atoms in total. The molecule has 0 aliphatic carbocycles. The summed E-state index contributed by atoms with van der Waals surface area (Å²) in [5, 5.41) is 18.2. The van der Waals surface area contributed by atoms with Gasteiger partial charge in [-0.2, -0.15) is 0 Å². The average Bonchev–Trinajstić information content (AvgIpc) is 2.95. The summed E-state index contributed by atoms with van der Waals surface area (Å²) < 4.78 is 10.5. The molecule has 6 heteroatoms. The topological polar surface area (TPSA) is 93.1 Å². The number of benzene rings is 2. The summed E-state index contributed by atoms with van der Waals surface area (Å²) in [7, 11) is 0. The highest BCUT2D eigenvalue weighted by molar-refractivity contribution is 5.88. The molecular formula is C32H42O6. The van der Waals surface area contributed by atoms with E-state index in [1.54, 1.807) is 0 Å². The molecule has 0 saturated heterocycles. The zero-order valence-corrected chi connectivity index (χ0v) is 22.8. The molecule has 0 spiro atoms. The van der Waals surface area contributed by atoms with Gasteiger partial charge in [0.2, 0.25) is 0 Å². The predicted octanol–water partition coefficient (Wildman–Crippen LogP) is 5.03. The number of ether oxygens (including phenoxy) is 2. The Morgan fingerprint density at radius 3 is 1.84 bits per heavy atom. The second kappa shape index (κ2) is 16.6. The Balaban J connectivity index is 2.05. The highest BCUT2D eigenvalue weighted by Gasteiger charge is 2.19. The van der Waals surface area contributed by atoms with Crippen LogP contribution in [0.15, 0.2) is 66.8 Å². The third kappa shape index (κ3) is 9.92. The number of aliphatic hydroxyl groups is 2. The van der Waals surface area contributed by atoms with Crippen LogP contribution in [-0.4, -0.2) is 48.6 Å². The van der Waals surface area contributed by atoms with Gasteiger partial charge in [0.25, 0.3) is 0 Å². The van der Waals surface area contributed by atoms with Crippen LogP contribution < -0.4 is 0 Å². The standard InChI is InChI=1S/C32H42O6/c1-5-7-8-9-28-17-14-26(18-27(28)6-2)11-10-25-12-15-29(16-13-25)30(21-37-31(35)23(3)19-33)22-38-32(36)24(4)20-34/h12-18,30,33-34H,3-11,19-22H2,1-2H3. The van der Waals surface area contributed by atoms with Crippen molar-refractivity contribution in [1.82, 2.24) is 0 Å². The number of carbonyl (C=O) groups is 2. The molecule has 2 rings (SSSR count). The largest absolute Gasteiger partial charge is 0.461 e. The molecule has 0 radical (unpaired) electrons. The Hall–Kier alpha value is -3.22. The number of unbranched alkanes of at least 4 members (excludes halogenated alkanes) is 2. The molecule has 2 aromatic rings. The maximum absolute atomic E-state index is 12.0. The van der Waals surface area contributed by atoms with Gasteiger partial charge in [0.15, 0.2) is 0 Å².